The molecule has 0 spiro atoms. The molecule has 1 saturated heterocycles. The zero-order valence-corrected chi connectivity index (χ0v) is 5.59. The number of halogens is 1. The molecule has 1 rings (SSSR count). The van der Waals surface area contributed by atoms with Gasteiger partial charge in [0, 0.05) is 5.33 Å². The number of epoxide rings is 1. The van der Waals surface area contributed by atoms with E-state index >= 15 is 0 Å². The van der Waals surface area contributed by atoms with E-state index in [2.05, 4.69) is 20.7 Å². The van der Waals surface area contributed by atoms with Gasteiger partial charge in [0.05, 0.1) is 0 Å². The van der Waals surface area contributed by atoms with Crippen molar-refractivity contribution in [2.75, 3.05) is 5.33 Å². The van der Waals surface area contributed by atoms with Gasteiger partial charge in [-0.2, -0.15) is 0 Å². The van der Waals surface area contributed by atoms with Gasteiger partial charge in [0.25, 0.3) is 0 Å². The van der Waals surface area contributed by atoms with Crippen LogP contribution in [-0.4, -0.2) is 28.6 Å². The molecule has 46 valence electrons. The van der Waals surface area contributed by atoms with Crippen molar-refractivity contribution in [2.45, 2.75) is 12.2 Å². The average molecular weight is 181 g/mol. The number of hydrogen-bond donors (Lipinski definition) is 1. The van der Waals surface area contributed by atoms with Crippen LogP contribution in [0.4, 0.5) is 0 Å². The van der Waals surface area contributed by atoms with Crippen LogP contribution in [0.2, 0.25) is 0 Å². The largest absolute Gasteiger partial charge is 0.479 e. The number of aliphatic carboxylic acids is 1. The Morgan fingerprint density at radius 3 is 2.62 bits per heavy atom. The van der Waals surface area contributed by atoms with Gasteiger partial charge >= 0.3 is 5.97 Å². The highest BCUT2D eigenvalue weighted by atomic mass is 79.9. The third kappa shape index (κ3) is 1.00. The second-order valence-corrected chi connectivity index (χ2v) is 2.24. The van der Waals surface area contributed by atoms with E-state index in [1.165, 1.54) is 0 Å². The summed E-state index contributed by atoms with van der Waals surface area (Å²) in [5, 5.41) is 8.82. The van der Waals surface area contributed by atoms with Gasteiger partial charge in [-0.25, -0.2) is 4.79 Å². The third-order valence-corrected chi connectivity index (χ3v) is 1.62. The number of hydrogen-bond acceptors (Lipinski definition) is 2. The van der Waals surface area contributed by atoms with Crippen LogP contribution in [0.5, 0.6) is 0 Å². The topological polar surface area (TPSA) is 49.8 Å². The van der Waals surface area contributed by atoms with E-state index in [0.717, 1.165) is 0 Å². The van der Waals surface area contributed by atoms with Crippen molar-refractivity contribution in [1.82, 2.24) is 0 Å². The first kappa shape index (κ1) is 6.04. The molecule has 0 bridgehead atoms. The Hall–Kier alpha value is -0.0900. The van der Waals surface area contributed by atoms with Crippen molar-refractivity contribution in [2.24, 2.45) is 0 Å². The van der Waals surface area contributed by atoms with Crippen LogP contribution < -0.4 is 0 Å². The SMILES string of the molecule is O=C(O)[C@@H]1O[C@@H]1CBr. The highest BCUT2D eigenvalue weighted by molar-refractivity contribution is 9.09. The Morgan fingerprint density at radius 1 is 1.88 bits per heavy atom. The van der Waals surface area contributed by atoms with E-state index in [9.17, 15) is 4.79 Å². The molecule has 0 aromatic carbocycles. The van der Waals surface area contributed by atoms with Gasteiger partial charge in [-0.05, 0) is 0 Å². The first-order chi connectivity index (χ1) is 3.75. The van der Waals surface area contributed by atoms with E-state index in [1.807, 2.05) is 0 Å². The monoisotopic (exact) mass is 180 g/mol. The zero-order valence-electron chi connectivity index (χ0n) is 4.00. The number of carbonyl (C=O) groups is 1. The van der Waals surface area contributed by atoms with Crippen molar-refractivity contribution >= 4 is 21.9 Å². The Kier molecular flexibility index (Phi) is 1.53. The van der Waals surface area contributed by atoms with Gasteiger partial charge in [-0.3, -0.25) is 0 Å². The van der Waals surface area contributed by atoms with Crippen LogP contribution in [0.15, 0.2) is 0 Å². The summed E-state index contributed by atoms with van der Waals surface area (Å²) < 4.78 is 4.68. The molecular formula is C4H5BrO3. The average Bonchev–Trinajstić information content (AvgIpc) is 2.42. The molecule has 1 heterocycles. The van der Waals surface area contributed by atoms with Crippen molar-refractivity contribution in [3.8, 4) is 0 Å². The van der Waals surface area contributed by atoms with Gasteiger partial charge < -0.3 is 9.84 Å². The van der Waals surface area contributed by atoms with Crippen molar-refractivity contribution < 1.29 is 14.6 Å². The summed E-state index contributed by atoms with van der Waals surface area (Å²) in [5.41, 5.74) is 0. The summed E-state index contributed by atoms with van der Waals surface area (Å²) in [5.74, 6) is -0.866. The maximum atomic E-state index is 9.99. The zero-order chi connectivity index (χ0) is 6.15. The van der Waals surface area contributed by atoms with E-state index in [1.54, 1.807) is 0 Å². The van der Waals surface area contributed by atoms with Gasteiger partial charge in [0.15, 0.2) is 6.10 Å². The molecule has 0 aromatic heterocycles. The summed E-state index contributed by atoms with van der Waals surface area (Å²) in [7, 11) is 0. The van der Waals surface area contributed by atoms with Crippen LogP contribution in [0.25, 0.3) is 0 Å². The highest BCUT2D eigenvalue weighted by Gasteiger charge is 2.44. The van der Waals surface area contributed by atoms with Gasteiger partial charge in [0.2, 0.25) is 0 Å². The Bertz CT molecular complexity index is 114. The quantitative estimate of drug-likeness (QED) is 0.490. The minimum atomic E-state index is -0.866. The fourth-order valence-electron chi connectivity index (χ4n) is 0.477. The number of alkyl halides is 1. The predicted octanol–water partition coefficient (Wildman–Crippen LogP) is 0.233. The molecular weight excluding hydrogens is 176 g/mol. The maximum Gasteiger partial charge on any atom is 0.335 e. The minimum absolute atomic E-state index is 0.0903. The van der Waals surface area contributed by atoms with Crippen LogP contribution >= 0.6 is 15.9 Å². The highest BCUT2D eigenvalue weighted by Crippen LogP contribution is 2.23. The first-order valence-electron chi connectivity index (χ1n) is 2.20. The summed E-state index contributed by atoms with van der Waals surface area (Å²) in [6.07, 6.45) is -0.637. The number of ether oxygens (including phenoxy) is 1. The van der Waals surface area contributed by atoms with E-state index in [-0.39, 0.29) is 6.10 Å². The molecule has 4 heteroatoms. The molecule has 0 unspecified atom stereocenters. The molecule has 1 N–H and O–H groups in total. The lowest BCUT2D eigenvalue weighted by atomic mass is 10.3. The number of carboxylic acid groups (broad SMARTS) is 1. The normalized spacial score (nSPS) is 34.6. The van der Waals surface area contributed by atoms with Gasteiger partial charge in [-0.1, -0.05) is 15.9 Å². The van der Waals surface area contributed by atoms with Crippen molar-refractivity contribution in [3.05, 3.63) is 0 Å². The van der Waals surface area contributed by atoms with Gasteiger partial charge in [-0.15, -0.1) is 0 Å². The minimum Gasteiger partial charge on any atom is -0.479 e. The molecule has 1 aliphatic rings. The standard InChI is InChI=1S/C4H5BrO3/c5-1-2-3(8-2)4(6)7/h2-3H,1H2,(H,6,7)/t2-,3-/m1/s1. The Morgan fingerprint density at radius 2 is 2.50 bits per heavy atom. The lowest BCUT2D eigenvalue weighted by molar-refractivity contribution is -0.138. The third-order valence-electron chi connectivity index (χ3n) is 0.978. The number of rotatable bonds is 2. The first-order valence-corrected chi connectivity index (χ1v) is 3.32. The van der Waals surface area contributed by atoms with Crippen molar-refractivity contribution in [3.63, 3.8) is 0 Å². The van der Waals surface area contributed by atoms with Crippen LogP contribution in [0.1, 0.15) is 0 Å². The van der Waals surface area contributed by atoms with Gasteiger partial charge in [0.1, 0.15) is 6.10 Å². The van der Waals surface area contributed by atoms with E-state index in [0.29, 0.717) is 5.33 Å². The van der Waals surface area contributed by atoms with E-state index in [4.69, 9.17) is 5.11 Å². The molecule has 8 heavy (non-hydrogen) atoms. The lowest BCUT2D eigenvalue weighted by Gasteiger charge is -1.77. The summed E-state index contributed by atoms with van der Waals surface area (Å²) in [6, 6.07) is 0. The van der Waals surface area contributed by atoms with Crippen LogP contribution in [0.3, 0.4) is 0 Å². The fourth-order valence-corrected chi connectivity index (χ4v) is 0.970. The predicted molar refractivity (Wildman–Crippen MR) is 30.1 cm³/mol. The molecule has 3 nitrogen and oxygen atoms in total. The Labute approximate surface area is 54.8 Å². The second-order valence-electron chi connectivity index (χ2n) is 1.59. The van der Waals surface area contributed by atoms with Crippen LogP contribution in [0, 0.1) is 0 Å². The van der Waals surface area contributed by atoms with Crippen molar-refractivity contribution in [1.29, 1.82) is 0 Å². The smallest absolute Gasteiger partial charge is 0.335 e. The number of carboxylic acids is 1. The second kappa shape index (κ2) is 2.03. The molecule has 1 fully saturated rings. The summed E-state index contributed by atoms with van der Waals surface area (Å²) in [4.78, 5) is 9.99. The summed E-state index contributed by atoms with van der Waals surface area (Å²) in [6.45, 7) is 0. The Balaban J connectivity index is 2.26. The molecule has 0 aromatic rings. The molecule has 0 aliphatic carbocycles. The fraction of sp³-hybridized carbons (Fsp3) is 0.750. The van der Waals surface area contributed by atoms with Crippen LogP contribution in [-0.2, 0) is 9.53 Å². The molecule has 2 atom stereocenters. The molecule has 1 aliphatic heterocycles. The maximum absolute atomic E-state index is 9.99. The van der Waals surface area contributed by atoms with E-state index < -0.39 is 12.1 Å². The molecule has 0 radical (unpaired) electrons. The molecule has 0 saturated carbocycles. The lowest BCUT2D eigenvalue weighted by Crippen LogP contribution is -2.07. The summed E-state index contributed by atoms with van der Waals surface area (Å²) >= 11 is 3.10. The molecule has 0 amide bonds.